The van der Waals surface area contributed by atoms with Gasteiger partial charge in [0.05, 0.1) is 5.69 Å². The van der Waals surface area contributed by atoms with Crippen molar-refractivity contribution in [1.29, 1.82) is 0 Å². The Hall–Kier alpha value is -1.30. The van der Waals surface area contributed by atoms with Crippen molar-refractivity contribution in [1.82, 2.24) is 19.8 Å². The van der Waals surface area contributed by atoms with Crippen molar-refractivity contribution < 1.29 is 4.42 Å². The summed E-state index contributed by atoms with van der Waals surface area (Å²) in [5.41, 5.74) is 0.823. The molecule has 0 unspecified atom stereocenters. The predicted octanol–water partition coefficient (Wildman–Crippen LogP) is 1.20. The number of hydrogen-bond donors (Lipinski definition) is 0. The summed E-state index contributed by atoms with van der Waals surface area (Å²) in [6.45, 7) is 3.61. The van der Waals surface area contributed by atoms with Gasteiger partial charge in [0, 0.05) is 6.92 Å². The molecule has 0 spiro atoms. The number of aryl methyl sites for hydroxylation is 2. The molecule has 2 rings (SSSR count). The van der Waals surface area contributed by atoms with Crippen LogP contribution in [-0.2, 0) is 0 Å². The van der Waals surface area contributed by atoms with Crippen molar-refractivity contribution >= 4 is 11.5 Å². The number of rotatable bonds is 1. The summed E-state index contributed by atoms with van der Waals surface area (Å²) >= 11 is 1.26. The molecular formula is C6H6N4OS. The van der Waals surface area contributed by atoms with Crippen LogP contribution in [0, 0.1) is 13.8 Å². The van der Waals surface area contributed by atoms with Gasteiger partial charge in [-0.05, 0) is 18.5 Å². The van der Waals surface area contributed by atoms with E-state index in [0.29, 0.717) is 11.8 Å². The highest BCUT2D eigenvalue weighted by Gasteiger charge is 2.11. The second-order valence-corrected chi connectivity index (χ2v) is 3.07. The zero-order valence-corrected chi connectivity index (χ0v) is 7.42. The van der Waals surface area contributed by atoms with Crippen molar-refractivity contribution in [3.8, 4) is 10.8 Å². The monoisotopic (exact) mass is 182 g/mol. The molecule has 0 aliphatic heterocycles. The van der Waals surface area contributed by atoms with Gasteiger partial charge in [0.1, 0.15) is 4.88 Å². The van der Waals surface area contributed by atoms with Gasteiger partial charge in [-0.25, -0.2) is 0 Å². The standard InChI is InChI=1S/C6H6N4OS/c1-3-5(12-10-7-3)6-9-8-4(2)11-6/h1-2H3. The first-order valence-corrected chi connectivity index (χ1v) is 4.14. The second-order valence-electron chi connectivity index (χ2n) is 2.31. The largest absolute Gasteiger partial charge is 0.420 e. The quantitative estimate of drug-likeness (QED) is 0.663. The molecule has 62 valence electrons. The molecule has 2 heterocycles. The Balaban J connectivity index is 2.50. The van der Waals surface area contributed by atoms with Crippen LogP contribution in [0.15, 0.2) is 4.42 Å². The predicted molar refractivity (Wildman–Crippen MR) is 42.7 cm³/mol. The Labute approximate surface area is 72.6 Å². The average Bonchev–Trinajstić information content (AvgIpc) is 2.58. The molecule has 0 atom stereocenters. The van der Waals surface area contributed by atoms with E-state index >= 15 is 0 Å². The highest BCUT2D eigenvalue weighted by molar-refractivity contribution is 7.09. The Morgan fingerprint density at radius 3 is 2.50 bits per heavy atom. The van der Waals surface area contributed by atoms with E-state index in [1.54, 1.807) is 6.92 Å². The number of nitrogens with zero attached hydrogens (tertiary/aromatic N) is 4. The van der Waals surface area contributed by atoms with Gasteiger partial charge >= 0.3 is 0 Å². The van der Waals surface area contributed by atoms with Gasteiger partial charge < -0.3 is 4.42 Å². The lowest BCUT2D eigenvalue weighted by Crippen LogP contribution is -1.77. The summed E-state index contributed by atoms with van der Waals surface area (Å²) in [7, 11) is 0. The molecule has 12 heavy (non-hydrogen) atoms. The van der Waals surface area contributed by atoms with Crippen LogP contribution in [-0.4, -0.2) is 19.8 Å². The Morgan fingerprint density at radius 2 is 2.00 bits per heavy atom. The van der Waals surface area contributed by atoms with E-state index in [1.165, 1.54) is 11.5 Å². The van der Waals surface area contributed by atoms with E-state index < -0.39 is 0 Å². The highest BCUT2D eigenvalue weighted by atomic mass is 32.1. The second kappa shape index (κ2) is 2.63. The fourth-order valence-corrected chi connectivity index (χ4v) is 1.39. The molecule has 5 nitrogen and oxygen atoms in total. The summed E-state index contributed by atoms with van der Waals surface area (Å²) in [5, 5.41) is 11.4. The average molecular weight is 182 g/mol. The minimum Gasteiger partial charge on any atom is -0.420 e. The summed E-state index contributed by atoms with van der Waals surface area (Å²) in [5.74, 6) is 1.05. The molecule has 0 saturated carbocycles. The normalized spacial score (nSPS) is 10.5. The highest BCUT2D eigenvalue weighted by Crippen LogP contribution is 2.23. The van der Waals surface area contributed by atoms with Gasteiger partial charge in [-0.3, -0.25) is 0 Å². The van der Waals surface area contributed by atoms with E-state index in [0.717, 1.165) is 10.6 Å². The Kier molecular flexibility index (Phi) is 1.61. The van der Waals surface area contributed by atoms with Crippen molar-refractivity contribution in [2.24, 2.45) is 0 Å². The molecule has 0 N–H and O–H groups in total. The zero-order valence-electron chi connectivity index (χ0n) is 6.61. The fourth-order valence-electron chi connectivity index (χ4n) is 0.816. The van der Waals surface area contributed by atoms with Gasteiger partial charge in [-0.2, -0.15) is 0 Å². The zero-order chi connectivity index (χ0) is 8.55. The fraction of sp³-hybridized carbons (Fsp3) is 0.333. The molecule has 6 heteroatoms. The van der Waals surface area contributed by atoms with Crippen LogP contribution >= 0.6 is 11.5 Å². The van der Waals surface area contributed by atoms with Crippen LogP contribution in [0.1, 0.15) is 11.6 Å². The van der Waals surface area contributed by atoms with Crippen LogP contribution in [0.4, 0.5) is 0 Å². The lowest BCUT2D eigenvalue weighted by atomic mass is 10.4. The van der Waals surface area contributed by atoms with Crippen molar-refractivity contribution in [2.45, 2.75) is 13.8 Å². The molecule has 0 radical (unpaired) electrons. The molecule has 0 aliphatic rings. The summed E-state index contributed by atoms with van der Waals surface area (Å²) in [4.78, 5) is 0.843. The van der Waals surface area contributed by atoms with Crippen LogP contribution in [0.2, 0.25) is 0 Å². The summed E-state index contributed by atoms with van der Waals surface area (Å²) in [6, 6.07) is 0. The maximum absolute atomic E-state index is 5.22. The molecule has 0 saturated heterocycles. The molecule has 2 aromatic heterocycles. The molecule has 0 aromatic carbocycles. The number of hydrogen-bond acceptors (Lipinski definition) is 6. The van der Waals surface area contributed by atoms with Crippen molar-refractivity contribution in [2.75, 3.05) is 0 Å². The van der Waals surface area contributed by atoms with Crippen LogP contribution < -0.4 is 0 Å². The third kappa shape index (κ3) is 1.10. The van der Waals surface area contributed by atoms with Gasteiger partial charge in [0.15, 0.2) is 0 Å². The minimum absolute atomic E-state index is 0.500. The van der Waals surface area contributed by atoms with Gasteiger partial charge in [-0.15, -0.1) is 15.3 Å². The molecule has 0 bridgehead atoms. The van der Waals surface area contributed by atoms with E-state index in [9.17, 15) is 0 Å². The van der Waals surface area contributed by atoms with E-state index in [-0.39, 0.29) is 0 Å². The SMILES string of the molecule is Cc1nnc(-c2snnc2C)o1. The number of aromatic nitrogens is 4. The van der Waals surface area contributed by atoms with Crippen LogP contribution in [0.3, 0.4) is 0 Å². The van der Waals surface area contributed by atoms with E-state index in [2.05, 4.69) is 19.8 Å². The van der Waals surface area contributed by atoms with Gasteiger partial charge in [0.25, 0.3) is 5.89 Å². The van der Waals surface area contributed by atoms with Crippen LogP contribution in [0.25, 0.3) is 10.8 Å². The Bertz CT molecular complexity index is 394. The van der Waals surface area contributed by atoms with E-state index in [1.807, 2.05) is 6.92 Å². The smallest absolute Gasteiger partial charge is 0.261 e. The Morgan fingerprint density at radius 1 is 1.17 bits per heavy atom. The van der Waals surface area contributed by atoms with Gasteiger partial charge in [-0.1, -0.05) is 4.49 Å². The lowest BCUT2D eigenvalue weighted by Gasteiger charge is -1.85. The molecule has 0 amide bonds. The first kappa shape index (κ1) is 7.35. The maximum atomic E-state index is 5.22. The molecule has 2 aromatic rings. The minimum atomic E-state index is 0.500. The van der Waals surface area contributed by atoms with Crippen LogP contribution in [0.5, 0.6) is 0 Å². The maximum Gasteiger partial charge on any atom is 0.261 e. The third-order valence-electron chi connectivity index (χ3n) is 1.37. The molecule has 0 aliphatic carbocycles. The van der Waals surface area contributed by atoms with Crippen molar-refractivity contribution in [3.63, 3.8) is 0 Å². The van der Waals surface area contributed by atoms with Gasteiger partial charge in [0.2, 0.25) is 5.89 Å². The third-order valence-corrected chi connectivity index (χ3v) is 2.19. The molecular weight excluding hydrogens is 176 g/mol. The van der Waals surface area contributed by atoms with E-state index in [4.69, 9.17) is 4.42 Å². The first-order chi connectivity index (χ1) is 5.77. The molecule has 0 fully saturated rings. The topological polar surface area (TPSA) is 64.7 Å². The lowest BCUT2D eigenvalue weighted by molar-refractivity contribution is 0.533. The summed E-state index contributed by atoms with van der Waals surface area (Å²) in [6.07, 6.45) is 0. The first-order valence-electron chi connectivity index (χ1n) is 3.37. The summed E-state index contributed by atoms with van der Waals surface area (Å²) < 4.78 is 8.99. The van der Waals surface area contributed by atoms with Crippen molar-refractivity contribution in [3.05, 3.63) is 11.6 Å².